The molecule has 0 aromatic heterocycles. The van der Waals surface area contributed by atoms with Crippen LogP contribution >= 0.6 is 0 Å². The number of hydrogen-bond donors (Lipinski definition) is 0. The maximum Gasteiger partial charge on any atom is 0.292 e. The Morgan fingerprint density at radius 3 is 2.90 bits per heavy atom. The van der Waals surface area contributed by atoms with Gasteiger partial charge in [0.15, 0.2) is 0 Å². The number of anilines is 1. The molecule has 0 amide bonds. The van der Waals surface area contributed by atoms with Crippen molar-refractivity contribution in [2.45, 2.75) is 18.4 Å². The van der Waals surface area contributed by atoms with E-state index in [0.29, 0.717) is 32.1 Å². The molecule has 0 saturated carbocycles. The third kappa shape index (κ3) is 2.48. The summed E-state index contributed by atoms with van der Waals surface area (Å²) < 4.78 is 11.5. The standard InChI is InChI=1S/C14H18N2O4/c17-16(18)13-5-2-1-4-12(13)15-7-3-6-14(10-15)11-19-8-9-20-14/h1-2,4-5H,3,6-11H2. The van der Waals surface area contributed by atoms with E-state index in [-0.39, 0.29) is 16.2 Å². The Bertz CT molecular complexity index is 494. The lowest BCUT2D eigenvalue weighted by atomic mass is 9.92. The third-order valence-corrected chi connectivity index (χ3v) is 3.96. The van der Waals surface area contributed by atoms with Gasteiger partial charge >= 0.3 is 0 Å². The molecule has 0 N–H and O–H groups in total. The Labute approximate surface area is 117 Å². The maximum atomic E-state index is 11.2. The minimum atomic E-state index is -0.325. The molecule has 2 saturated heterocycles. The lowest BCUT2D eigenvalue weighted by Crippen LogP contribution is -2.55. The number of hydrogen-bond acceptors (Lipinski definition) is 5. The van der Waals surface area contributed by atoms with Gasteiger partial charge in [0.2, 0.25) is 0 Å². The van der Waals surface area contributed by atoms with Gasteiger partial charge in [0.1, 0.15) is 11.3 Å². The molecule has 0 bridgehead atoms. The van der Waals surface area contributed by atoms with Gasteiger partial charge in [-0.2, -0.15) is 0 Å². The van der Waals surface area contributed by atoms with Crippen LogP contribution in [0.15, 0.2) is 24.3 Å². The molecule has 1 aromatic rings. The van der Waals surface area contributed by atoms with E-state index < -0.39 is 0 Å². The van der Waals surface area contributed by atoms with Crippen molar-refractivity contribution in [3.8, 4) is 0 Å². The SMILES string of the molecule is O=[N+]([O-])c1ccccc1N1CCCC2(COCCO2)C1. The highest BCUT2D eigenvalue weighted by atomic mass is 16.6. The highest BCUT2D eigenvalue weighted by Gasteiger charge is 2.39. The minimum absolute atomic E-state index is 0.154. The minimum Gasteiger partial charge on any atom is -0.376 e. The molecule has 1 unspecified atom stereocenters. The van der Waals surface area contributed by atoms with Gasteiger partial charge in [-0.15, -0.1) is 0 Å². The fraction of sp³-hybridized carbons (Fsp3) is 0.571. The molecule has 6 heteroatoms. The van der Waals surface area contributed by atoms with Crippen LogP contribution in [0, 0.1) is 10.1 Å². The molecule has 0 aliphatic carbocycles. The third-order valence-electron chi connectivity index (χ3n) is 3.96. The molecule has 0 radical (unpaired) electrons. The van der Waals surface area contributed by atoms with Crippen LogP contribution in [0.1, 0.15) is 12.8 Å². The topological polar surface area (TPSA) is 64.8 Å². The van der Waals surface area contributed by atoms with Gasteiger partial charge in [0.05, 0.1) is 24.7 Å². The van der Waals surface area contributed by atoms with Crippen molar-refractivity contribution >= 4 is 11.4 Å². The van der Waals surface area contributed by atoms with Gasteiger partial charge in [-0.3, -0.25) is 10.1 Å². The molecule has 108 valence electrons. The van der Waals surface area contributed by atoms with Crippen LogP contribution in [0.3, 0.4) is 0 Å². The van der Waals surface area contributed by atoms with Crippen LogP contribution in [0.5, 0.6) is 0 Å². The van der Waals surface area contributed by atoms with Crippen molar-refractivity contribution in [3.05, 3.63) is 34.4 Å². The molecule has 2 heterocycles. The Kier molecular flexibility index (Phi) is 3.58. The number of rotatable bonds is 2. The summed E-state index contributed by atoms with van der Waals surface area (Å²) in [6, 6.07) is 6.89. The summed E-state index contributed by atoms with van der Waals surface area (Å²) >= 11 is 0. The van der Waals surface area contributed by atoms with Crippen LogP contribution in [-0.2, 0) is 9.47 Å². The highest BCUT2D eigenvalue weighted by Crippen LogP contribution is 2.34. The summed E-state index contributed by atoms with van der Waals surface area (Å²) in [5, 5.41) is 11.2. The first-order chi connectivity index (χ1) is 9.70. The van der Waals surface area contributed by atoms with E-state index in [2.05, 4.69) is 4.90 Å². The summed E-state index contributed by atoms with van der Waals surface area (Å²) in [6.45, 7) is 3.27. The van der Waals surface area contributed by atoms with E-state index in [1.807, 2.05) is 6.07 Å². The van der Waals surface area contributed by atoms with Crippen LogP contribution in [0.2, 0.25) is 0 Å². The fourth-order valence-corrected chi connectivity index (χ4v) is 3.04. The van der Waals surface area contributed by atoms with Gasteiger partial charge in [-0.1, -0.05) is 12.1 Å². The van der Waals surface area contributed by atoms with Crippen LogP contribution in [0.4, 0.5) is 11.4 Å². The first kappa shape index (κ1) is 13.3. The number of nitrogens with zero attached hydrogens (tertiary/aromatic N) is 2. The Balaban J connectivity index is 1.85. The van der Waals surface area contributed by atoms with Gasteiger partial charge in [-0.05, 0) is 18.9 Å². The van der Waals surface area contributed by atoms with E-state index in [9.17, 15) is 10.1 Å². The first-order valence-electron chi connectivity index (χ1n) is 6.90. The van der Waals surface area contributed by atoms with Gasteiger partial charge in [0.25, 0.3) is 5.69 Å². The molecule has 2 fully saturated rings. The molecule has 1 atom stereocenters. The molecular weight excluding hydrogens is 260 g/mol. The zero-order chi connectivity index (χ0) is 14.0. The van der Waals surface area contributed by atoms with Crippen molar-refractivity contribution in [2.24, 2.45) is 0 Å². The number of piperidine rings is 1. The van der Waals surface area contributed by atoms with E-state index in [1.165, 1.54) is 0 Å². The predicted octanol–water partition coefficient (Wildman–Crippen LogP) is 1.98. The van der Waals surface area contributed by atoms with Crippen molar-refractivity contribution in [2.75, 3.05) is 37.8 Å². The van der Waals surface area contributed by atoms with E-state index in [1.54, 1.807) is 18.2 Å². The Morgan fingerprint density at radius 1 is 1.30 bits per heavy atom. The zero-order valence-corrected chi connectivity index (χ0v) is 11.3. The summed E-state index contributed by atoms with van der Waals surface area (Å²) in [7, 11) is 0. The summed E-state index contributed by atoms with van der Waals surface area (Å²) in [6.07, 6.45) is 1.90. The molecule has 1 spiro atoms. The second-order valence-electron chi connectivity index (χ2n) is 5.35. The van der Waals surface area contributed by atoms with Crippen LogP contribution in [-0.4, -0.2) is 43.4 Å². The number of para-hydroxylation sites is 2. The summed E-state index contributed by atoms with van der Waals surface area (Å²) in [5.41, 5.74) is 0.521. The Morgan fingerprint density at radius 2 is 2.15 bits per heavy atom. The van der Waals surface area contributed by atoms with Crippen LogP contribution < -0.4 is 4.90 Å². The van der Waals surface area contributed by atoms with Crippen molar-refractivity contribution in [3.63, 3.8) is 0 Å². The first-order valence-corrected chi connectivity index (χ1v) is 6.90. The number of ether oxygens (including phenoxy) is 2. The monoisotopic (exact) mass is 278 g/mol. The smallest absolute Gasteiger partial charge is 0.292 e. The summed E-state index contributed by atoms with van der Waals surface area (Å²) in [4.78, 5) is 12.9. The van der Waals surface area contributed by atoms with Crippen LogP contribution in [0.25, 0.3) is 0 Å². The van der Waals surface area contributed by atoms with Gasteiger partial charge < -0.3 is 14.4 Å². The van der Waals surface area contributed by atoms with E-state index >= 15 is 0 Å². The highest BCUT2D eigenvalue weighted by molar-refractivity contribution is 5.63. The molecule has 1 aromatic carbocycles. The average molecular weight is 278 g/mol. The average Bonchev–Trinajstić information content (AvgIpc) is 2.48. The molecule has 3 rings (SSSR count). The quantitative estimate of drug-likeness (QED) is 0.611. The second-order valence-corrected chi connectivity index (χ2v) is 5.35. The lowest BCUT2D eigenvalue weighted by Gasteiger charge is -2.45. The molecule has 2 aliphatic rings. The fourth-order valence-electron chi connectivity index (χ4n) is 3.04. The van der Waals surface area contributed by atoms with Crippen molar-refractivity contribution < 1.29 is 14.4 Å². The molecule has 2 aliphatic heterocycles. The molecular formula is C14H18N2O4. The van der Waals surface area contributed by atoms with Gasteiger partial charge in [0, 0.05) is 19.2 Å². The van der Waals surface area contributed by atoms with Crippen molar-refractivity contribution in [1.82, 2.24) is 0 Å². The second kappa shape index (κ2) is 5.38. The van der Waals surface area contributed by atoms with Gasteiger partial charge in [-0.25, -0.2) is 0 Å². The van der Waals surface area contributed by atoms with Crippen molar-refractivity contribution in [1.29, 1.82) is 0 Å². The molecule has 20 heavy (non-hydrogen) atoms. The predicted molar refractivity (Wildman–Crippen MR) is 74.0 cm³/mol. The number of nitro benzene ring substituents is 1. The van der Waals surface area contributed by atoms with E-state index in [4.69, 9.17) is 9.47 Å². The normalized spacial score (nSPS) is 26.7. The van der Waals surface area contributed by atoms with E-state index in [0.717, 1.165) is 19.4 Å². The number of benzene rings is 1. The summed E-state index contributed by atoms with van der Waals surface area (Å²) in [5.74, 6) is 0. The lowest BCUT2D eigenvalue weighted by molar-refractivity contribution is -0.384. The largest absolute Gasteiger partial charge is 0.376 e. The molecule has 6 nitrogen and oxygen atoms in total. The zero-order valence-electron chi connectivity index (χ0n) is 11.3. The number of nitro groups is 1. The maximum absolute atomic E-state index is 11.2. The Hall–Kier alpha value is -1.66.